The lowest BCUT2D eigenvalue weighted by atomic mass is 10.0. The van der Waals surface area contributed by atoms with E-state index in [0.29, 0.717) is 11.3 Å². The predicted molar refractivity (Wildman–Crippen MR) is 109 cm³/mol. The van der Waals surface area contributed by atoms with E-state index in [4.69, 9.17) is 4.74 Å². The van der Waals surface area contributed by atoms with Crippen LogP contribution in [0, 0.1) is 0 Å². The molecule has 3 nitrogen and oxygen atoms in total. The quantitative estimate of drug-likeness (QED) is 0.318. The predicted octanol–water partition coefficient (Wildman–Crippen LogP) is 5.32. The minimum Gasteiger partial charge on any atom is -0.425 e. The molecule has 4 heteroatoms. The van der Waals surface area contributed by atoms with E-state index in [-0.39, 0.29) is 22.8 Å². The Kier molecular flexibility index (Phi) is 6.44. The summed E-state index contributed by atoms with van der Waals surface area (Å²) in [4.78, 5) is 24.1. The number of esters is 1. The number of rotatable bonds is 7. The molecule has 0 saturated carbocycles. The highest BCUT2D eigenvalue weighted by molar-refractivity contribution is 8.00. The van der Waals surface area contributed by atoms with Crippen LogP contribution in [0.2, 0.25) is 0 Å². The Hall–Kier alpha value is -2.85. The molecule has 0 bridgehead atoms. The van der Waals surface area contributed by atoms with Gasteiger partial charge < -0.3 is 4.74 Å². The van der Waals surface area contributed by atoms with Gasteiger partial charge in [-0.1, -0.05) is 72.8 Å². The molecule has 0 aliphatic rings. The molecular formula is C23H20O3S. The fourth-order valence-corrected chi connectivity index (χ4v) is 3.85. The first-order chi connectivity index (χ1) is 13.1. The van der Waals surface area contributed by atoms with E-state index in [0.717, 1.165) is 11.1 Å². The van der Waals surface area contributed by atoms with Gasteiger partial charge >= 0.3 is 5.97 Å². The maximum absolute atomic E-state index is 12.4. The molecule has 0 heterocycles. The zero-order valence-electron chi connectivity index (χ0n) is 15.0. The first kappa shape index (κ1) is 18.9. The van der Waals surface area contributed by atoms with Gasteiger partial charge in [-0.15, -0.1) is 11.8 Å². The van der Waals surface area contributed by atoms with Crippen LogP contribution in [0.15, 0.2) is 84.9 Å². The van der Waals surface area contributed by atoms with Crippen molar-refractivity contribution in [3.63, 3.8) is 0 Å². The Morgan fingerprint density at radius 3 is 1.89 bits per heavy atom. The lowest BCUT2D eigenvalue weighted by Gasteiger charge is -2.17. The average Bonchev–Trinajstić information content (AvgIpc) is 2.70. The van der Waals surface area contributed by atoms with Crippen molar-refractivity contribution < 1.29 is 14.3 Å². The van der Waals surface area contributed by atoms with Crippen LogP contribution in [0.5, 0.6) is 5.75 Å². The SMILES string of the molecule is CC(=O)c1ccccc1OC(=O)CSC(c1ccccc1)c1ccccc1. The van der Waals surface area contributed by atoms with Gasteiger partial charge in [0.2, 0.25) is 0 Å². The van der Waals surface area contributed by atoms with E-state index in [2.05, 4.69) is 24.3 Å². The van der Waals surface area contributed by atoms with Crippen LogP contribution in [-0.4, -0.2) is 17.5 Å². The molecule has 0 radical (unpaired) electrons. The summed E-state index contributed by atoms with van der Waals surface area (Å²) in [7, 11) is 0. The van der Waals surface area contributed by atoms with Gasteiger partial charge in [0.1, 0.15) is 5.75 Å². The van der Waals surface area contributed by atoms with Gasteiger partial charge in [-0.05, 0) is 30.2 Å². The number of carbonyl (C=O) groups excluding carboxylic acids is 2. The molecule has 3 rings (SSSR count). The first-order valence-corrected chi connectivity index (χ1v) is 9.72. The van der Waals surface area contributed by atoms with Crippen molar-refractivity contribution >= 4 is 23.5 Å². The molecule has 3 aromatic rings. The molecular weight excluding hydrogens is 356 g/mol. The number of benzene rings is 3. The molecule has 0 aromatic heterocycles. The van der Waals surface area contributed by atoms with Gasteiger partial charge in [0.05, 0.1) is 16.6 Å². The summed E-state index contributed by atoms with van der Waals surface area (Å²) >= 11 is 1.51. The summed E-state index contributed by atoms with van der Waals surface area (Å²) in [6.07, 6.45) is 0. The van der Waals surface area contributed by atoms with Crippen molar-refractivity contribution in [1.29, 1.82) is 0 Å². The molecule has 0 aliphatic heterocycles. The Bertz CT molecular complexity index is 868. The van der Waals surface area contributed by atoms with Crippen LogP contribution in [0.4, 0.5) is 0 Å². The average molecular weight is 376 g/mol. The molecule has 0 unspecified atom stereocenters. The zero-order chi connectivity index (χ0) is 19.1. The molecule has 3 aromatic carbocycles. The third-order valence-corrected chi connectivity index (χ3v) is 5.34. The van der Waals surface area contributed by atoms with Crippen molar-refractivity contribution in [2.45, 2.75) is 12.2 Å². The summed E-state index contributed by atoms with van der Waals surface area (Å²) in [6, 6.07) is 27.0. The third-order valence-electron chi connectivity index (χ3n) is 4.06. The first-order valence-electron chi connectivity index (χ1n) is 8.67. The molecule has 0 atom stereocenters. The fraction of sp³-hybridized carbons (Fsp3) is 0.130. The largest absolute Gasteiger partial charge is 0.425 e. The maximum Gasteiger partial charge on any atom is 0.321 e. The van der Waals surface area contributed by atoms with Gasteiger partial charge in [0.15, 0.2) is 5.78 Å². The van der Waals surface area contributed by atoms with Gasteiger partial charge in [-0.2, -0.15) is 0 Å². The molecule has 0 fully saturated rings. The van der Waals surface area contributed by atoms with E-state index in [1.165, 1.54) is 18.7 Å². The summed E-state index contributed by atoms with van der Waals surface area (Å²) in [6.45, 7) is 1.46. The van der Waals surface area contributed by atoms with Crippen molar-refractivity contribution in [2.75, 3.05) is 5.75 Å². The highest BCUT2D eigenvalue weighted by Crippen LogP contribution is 2.35. The standard InChI is InChI=1S/C23H20O3S/c1-17(24)20-14-8-9-15-21(20)26-22(25)16-27-23(18-10-4-2-5-11-18)19-12-6-3-7-13-19/h2-15,23H,16H2,1H3. The smallest absolute Gasteiger partial charge is 0.321 e. The zero-order valence-corrected chi connectivity index (χ0v) is 15.8. The highest BCUT2D eigenvalue weighted by atomic mass is 32.2. The van der Waals surface area contributed by atoms with E-state index in [9.17, 15) is 9.59 Å². The summed E-state index contributed by atoms with van der Waals surface area (Å²) in [5, 5.41) is 0.0306. The Morgan fingerprint density at radius 2 is 1.33 bits per heavy atom. The van der Waals surface area contributed by atoms with Crippen molar-refractivity contribution in [2.24, 2.45) is 0 Å². The number of thioether (sulfide) groups is 1. The second-order valence-corrected chi connectivity index (χ2v) is 7.13. The number of hydrogen-bond donors (Lipinski definition) is 0. The van der Waals surface area contributed by atoms with Crippen LogP contribution >= 0.6 is 11.8 Å². The van der Waals surface area contributed by atoms with Crippen LogP contribution in [0.25, 0.3) is 0 Å². The fourth-order valence-electron chi connectivity index (χ4n) is 2.79. The van der Waals surface area contributed by atoms with Crippen LogP contribution in [-0.2, 0) is 4.79 Å². The highest BCUT2D eigenvalue weighted by Gasteiger charge is 2.18. The van der Waals surface area contributed by atoms with Gasteiger partial charge in [-0.3, -0.25) is 9.59 Å². The van der Waals surface area contributed by atoms with E-state index in [1.54, 1.807) is 24.3 Å². The Balaban J connectivity index is 1.73. The molecule has 0 amide bonds. The second kappa shape index (κ2) is 9.19. The van der Waals surface area contributed by atoms with Crippen LogP contribution in [0.3, 0.4) is 0 Å². The number of ketones is 1. The molecule has 0 N–H and O–H groups in total. The summed E-state index contributed by atoms with van der Waals surface area (Å²) in [5.74, 6) is -0.00428. The second-order valence-electron chi connectivity index (χ2n) is 6.04. The van der Waals surface area contributed by atoms with E-state index in [1.807, 2.05) is 36.4 Å². The summed E-state index contributed by atoms with van der Waals surface area (Å²) < 4.78 is 5.45. The van der Waals surface area contributed by atoms with E-state index < -0.39 is 0 Å². The molecule has 0 spiro atoms. The summed E-state index contributed by atoms with van der Waals surface area (Å²) in [5.41, 5.74) is 2.68. The van der Waals surface area contributed by atoms with Gasteiger partial charge in [0.25, 0.3) is 0 Å². The van der Waals surface area contributed by atoms with Crippen molar-refractivity contribution in [3.8, 4) is 5.75 Å². The van der Waals surface area contributed by atoms with Crippen LogP contribution < -0.4 is 4.74 Å². The molecule has 27 heavy (non-hydrogen) atoms. The van der Waals surface area contributed by atoms with Crippen LogP contribution in [0.1, 0.15) is 33.7 Å². The van der Waals surface area contributed by atoms with Crippen molar-refractivity contribution in [1.82, 2.24) is 0 Å². The molecule has 0 aliphatic carbocycles. The number of para-hydroxylation sites is 1. The van der Waals surface area contributed by atoms with E-state index >= 15 is 0 Å². The van der Waals surface area contributed by atoms with Gasteiger partial charge in [-0.25, -0.2) is 0 Å². The topological polar surface area (TPSA) is 43.4 Å². The van der Waals surface area contributed by atoms with Crippen molar-refractivity contribution in [3.05, 3.63) is 102 Å². The Labute approximate surface area is 163 Å². The molecule has 0 saturated heterocycles. The maximum atomic E-state index is 12.4. The lowest BCUT2D eigenvalue weighted by Crippen LogP contribution is -2.14. The normalized spacial score (nSPS) is 10.6. The third kappa shape index (κ3) is 5.08. The Morgan fingerprint density at radius 1 is 0.815 bits per heavy atom. The minimum atomic E-state index is -0.370. The number of ether oxygens (including phenoxy) is 1. The number of hydrogen-bond acceptors (Lipinski definition) is 4. The molecule has 136 valence electrons. The van der Waals surface area contributed by atoms with Gasteiger partial charge in [0, 0.05) is 0 Å². The number of Topliss-reactive ketones (excluding diaryl/α,β-unsaturated/α-hetero) is 1. The minimum absolute atomic E-state index is 0.0306. The number of carbonyl (C=O) groups is 2. The monoisotopic (exact) mass is 376 g/mol. The lowest BCUT2D eigenvalue weighted by molar-refractivity contribution is -0.131.